The van der Waals surface area contributed by atoms with Crippen molar-refractivity contribution in [2.45, 2.75) is 177 Å². The van der Waals surface area contributed by atoms with E-state index in [1.54, 1.807) is 29.6 Å². The molecule has 10 rings (SSSR count). The molecule has 0 spiro atoms. The lowest BCUT2D eigenvalue weighted by Gasteiger charge is -2.15. The fraction of sp³-hybridized carbons (Fsp3) is 0.413. The van der Waals surface area contributed by atoms with Crippen LogP contribution in [0.15, 0.2) is 146 Å². The fourth-order valence-corrected chi connectivity index (χ4v) is 11.7. The summed E-state index contributed by atoms with van der Waals surface area (Å²) in [7, 11) is 7.86. The average Bonchev–Trinajstić information content (AvgIpc) is 0.839. The Morgan fingerprint density at radius 3 is 1.33 bits per heavy atom. The predicted molar refractivity (Wildman–Crippen MR) is 335 cm³/mol. The van der Waals surface area contributed by atoms with Gasteiger partial charge < -0.3 is 0 Å². The Bertz CT molecular complexity index is 3900. The molecule has 0 N–H and O–H groups in total. The monoisotopic (exact) mass is 1070 g/mol. The normalized spacial score (nSPS) is 19.0. The summed E-state index contributed by atoms with van der Waals surface area (Å²) in [6.07, 6.45) is 18.5. The highest BCUT2D eigenvalue weighted by molar-refractivity contribution is 5.66. The summed E-state index contributed by atoms with van der Waals surface area (Å²) in [5.41, 5.74) is 20.6. The highest BCUT2D eigenvalue weighted by Crippen LogP contribution is 2.38. The largest absolute Gasteiger partial charge is 0.216 e. The Hall–Kier alpha value is -6.52. The molecule has 2 fully saturated rings. The molecular weight excluding hydrogens is 957 g/mol. The van der Waals surface area contributed by atoms with Crippen molar-refractivity contribution in [3.05, 3.63) is 213 Å². The minimum absolute atomic E-state index is 0.144. The first-order valence-corrected chi connectivity index (χ1v) is 28.6. The third kappa shape index (κ3) is 14.6. The van der Waals surface area contributed by atoms with Crippen molar-refractivity contribution < 1.29 is 36.1 Å². The van der Waals surface area contributed by atoms with E-state index in [0.29, 0.717) is 17.7 Å². The van der Waals surface area contributed by atoms with Crippen molar-refractivity contribution in [1.29, 1.82) is 0 Å². The number of hydrogen-bond acceptors (Lipinski definition) is 0. The first-order chi connectivity index (χ1) is 42.8. The van der Waals surface area contributed by atoms with Crippen LogP contribution < -0.4 is 18.3 Å². The molecule has 79 heavy (non-hydrogen) atoms. The van der Waals surface area contributed by atoms with Gasteiger partial charge in [-0.3, -0.25) is 0 Å². The van der Waals surface area contributed by atoms with Crippen LogP contribution in [0.4, 0.5) is 0 Å². The number of aromatic nitrogens is 4. The third-order valence-corrected chi connectivity index (χ3v) is 16.3. The molecule has 3 unspecified atom stereocenters. The number of aryl methyl sites for hydroxylation is 11. The molecule has 0 amide bonds. The summed E-state index contributed by atoms with van der Waals surface area (Å²) in [5.74, 6) is -5.16. The van der Waals surface area contributed by atoms with Crippen molar-refractivity contribution in [3.8, 4) is 45.0 Å². The second-order valence-electron chi connectivity index (χ2n) is 22.4. The maximum Gasteiger partial charge on any atom is 0.216 e. The van der Waals surface area contributed by atoms with Crippen molar-refractivity contribution in [2.75, 3.05) is 0 Å². The van der Waals surface area contributed by atoms with Gasteiger partial charge in [0.2, 0.25) is 22.8 Å². The zero-order chi connectivity index (χ0) is 68.3. The molecule has 4 aromatic heterocycles. The Balaban J connectivity index is 0.000000175. The number of benzene rings is 4. The van der Waals surface area contributed by atoms with Gasteiger partial charge in [0.05, 0.1) is 0 Å². The molecule has 8 aromatic rings. The minimum atomic E-state index is -2.64. The van der Waals surface area contributed by atoms with Gasteiger partial charge in [-0.1, -0.05) is 147 Å². The zero-order valence-corrected chi connectivity index (χ0v) is 50.1. The first kappa shape index (κ1) is 44.3. The van der Waals surface area contributed by atoms with E-state index < -0.39 is 38.2 Å². The molecule has 2 aliphatic carbocycles. The van der Waals surface area contributed by atoms with Gasteiger partial charge in [0, 0.05) is 86.1 Å². The van der Waals surface area contributed by atoms with Crippen molar-refractivity contribution in [2.24, 2.45) is 28.2 Å². The van der Waals surface area contributed by atoms with Gasteiger partial charge in [0.1, 0.15) is 28.2 Å². The molecule has 3 atom stereocenters. The number of pyridine rings is 4. The van der Waals surface area contributed by atoms with E-state index in [0.717, 1.165) is 46.7 Å². The molecule has 0 aliphatic heterocycles. The molecule has 414 valence electrons. The van der Waals surface area contributed by atoms with E-state index in [9.17, 15) is 0 Å². The molecule has 4 heteroatoms. The summed E-state index contributed by atoms with van der Waals surface area (Å²) in [6.45, 7) is 11.2. The fourth-order valence-electron chi connectivity index (χ4n) is 11.7. The van der Waals surface area contributed by atoms with Crippen LogP contribution in [0.25, 0.3) is 45.0 Å². The molecule has 4 nitrogen and oxygen atoms in total. The van der Waals surface area contributed by atoms with Gasteiger partial charge in [-0.05, 0) is 172 Å². The Labute approximate surface area is 497 Å². The number of nitrogens with zero attached hydrogens (tertiary/aromatic N) is 4. The van der Waals surface area contributed by atoms with Gasteiger partial charge in [0.15, 0.2) is 24.8 Å². The van der Waals surface area contributed by atoms with Gasteiger partial charge in [-0.25, -0.2) is 18.3 Å². The summed E-state index contributed by atoms with van der Waals surface area (Å²) in [6, 6.07) is 40.8. The summed E-state index contributed by atoms with van der Waals surface area (Å²) in [5, 5.41) is 0. The standard InChI is InChI=1S/2C19H24N.C19H26N.C18H24N/c2*1-14-8-4-7-11-17(14)19-12-15(2)18(13-20(19)3)16-9-5-6-10-16;1-13(2)16-11-18(14(3)4)19(20(6)12-16)17-10-8-7-9-15(17)5;1-6-15-11-18(16-10-8-7-9-14(16)4)19(5)12-17(15)13(2)3/h2*4,7-8,11-13,16H,5-6,9-10H2,1-3H3;7-14H,1-6H3;7-13H,6H2,1-5H3/q4*+1/i16D;;1D3,3D3,13D,14D;2D3,13D. The van der Waals surface area contributed by atoms with Gasteiger partial charge in [-0.2, -0.15) is 0 Å². The molecule has 2 saturated carbocycles. The van der Waals surface area contributed by atoms with Crippen LogP contribution in [0, 0.1) is 41.5 Å². The topological polar surface area (TPSA) is 15.5 Å². The molecule has 0 saturated heterocycles. The van der Waals surface area contributed by atoms with Gasteiger partial charge >= 0.3 is 0 Å². The molecule has 4 aromatic carbocycles. The smallest absolute Gasteiger partial charge is 0.201 e. The highest BCUT2D eigenvalue weighted by Gasteiger charge is 2.26. The van der Waals surface area contributed by atoms with E-state index >= 15 is 0 Å². The summed E-state index contributed by atoms with van der Waals surface area (Å²) in [4.78, 5) is 0. The van der Waals surface area contributed by atoms with Crippen LogP contribution in [-0.2, 0) is 34.6 Å². The third-order valence-electron chi connectivity index (χ3n) is 16.3. The Morgan fingerprint density at radius 1 is 0.456 bits per heavy atom. The van der Waals surface area contributed by atoms with Crippen LogP contribution in [0.2, 0.25) is 0 Å². The van der Waals surface area contributed by atoms with Crippen LogP contribution in [0.5, 0.6) is 0 Å². The lowest BCUT2D eigenvalue weighted by Crippen LogP contribution is -2.33. The first-order valence-electron chi connectivity index (χ1n) is 35.1. The maximum absolute atomic E-state index is 8.76. The van der Waals surface area contributed by atoms with Crippen LogP contribution >= 0.6 is 0 Å². The predicted octanol–water partition coefficient (Wildman–Crippen LogP) is 17.8. The van der Waals surface area contributed by atoms with E-state index in [-0.39, 0.29) is 17.0 Å². The Kier molecular flexibility index (Phi) is 15.4. The number of rotatable bonds is 10. The van der Waals surface area contributed by atoms with Crippen LogP contribution in [0.3, 0.4) is 0 Å². The van der Waals surface area contributed by atoms with E-state index in [2.05, 4.69) is 143 Å². The van der Waals surface area contributed by atoms with Crippen LogP contribution in [0.1, 0.15) is 214 Å². The molecule has 4 heterocycles. The van der Waals surface area contributed by atoms with Gasteiger partial charge in [0.25, 0.3) is 0 Å². The van der Waals surface area contributed by atoms with Crippen molar-refractivity contribution in [1.82, 2.24) is 0 Å². The second kappa shape index (κ2) is 27.6. The summed E-state index contributed by atoms with van der Waals surface area (Å²) < 4.78 is 112. The lowest BCUT2D eigenvalue weighted by molar-refractivity contribution is -0.661. The Morgan fingerprint density at radius 2 is 0.861 bits per heavy atom. The van der Waals surface area contributed by atoms with Gasteiger partial charge in [-0.15, -0.1) is 0 Å². The lowest BCUT2D eigenvalue weighted by atomic mass is 9.91. The van der Waals surface area contributed by atoms with E-state index in [1.165, 1.54) is 121 Å². The average molecular weight is 1070 g/mol. The van der Waals surface area contributed by atoms with E-state index in [4.69, 9.17) is 17.8 Å². The van der Waals surface area contributed by atoms with E-state index in [1.807, 2.05) is 67.9 Å². The summed E-state index contributed by atoms with van der Waals surface area (Å²) >= 11 is 0. The molecule has 0 bridgehead atoms. The second-order valence-corrected chi connectivity index (χ2v) is 22.4. The van der Waals surface area contributed by atoms with Crippen molar-refractivity contribution in [3.63, 3.8) is 0 Å². The SMILES string of the molecule is Cc1ccccc1-c1cc(C)c(C2CCCC2)c[n+]1C.[2H]C([2H])([2H])C([2H])(C)c1c[n+](C)c(-c2ccccc2C)cc1CC.[2H]C([2H])([2H])C([2H])(C)c1cc(C([2H])(C)C([2H])([2H])[2H])c(-c2ccccc2C)[n+](C)c1.[2H]C1(c2c[n+](C)c(-c3ccccc3C)cc2C)CCCC1. The minimum Gasteiger partial charge on any atom is -0.201 e. The molecule has 0 radical (unpaired) electrons. The molecule has 2 aliphatic rings. The quantitative estimate of drug-likeness (QED) is 0.121. The zero-order valence-electron chi connectivity index (χ0n) is 63.1. The van der Waals surface area contributed by atoms with Crippen molar-refractivity contribution >= 4 is 0 Å². The molecular formula is C75H98N4+4. The highest BCUT2D eigenvalue weighted by atomic mass is 14.9. The maximum atomic E-state index is 8.76. The van der Waals surface area contributed by atoms with Crippen LogP contribution in [-0.4, -0.2) is 0 Å². The number of hydrogen-bond donors (Lipinski definition) is 0.